The predicted molar refractivity (Wildman–Crippen MR) is 45.5 cm³/mol. The van der Waals surface area contributed by atoms with E-state index in [-0.39, 0.29) is 50.8 Å². The summed E-state index contributed by atoms with van der Waals surface area (Å²) in [4.78, 5) is 0. The van der Waals surface area contributed by atoms with Crippen molar-refractivity contribution in [1.29, 1.82) is 0 Å². The Morgan fingerprint density at radius 3 is 0.556 bits per heavy atom. The van der Waals surface area contributed by atoms with Gasteiger partial charge in [0.2, 0.25) is 0 Å². The Labute approximate surface area is 77.3 Å². The van der Waals surface area contributed by atoms with Crippen LogP contribution in [0.15, 0.2) is 13.2 Å². The van der Waals surface area contributed by atoms with Crippen molar-refractivity contribution in [3.8, 4) is 0 Å². The van der Waals surface area contributed by atoms with E-state index in [1.54, 1.807) is 0 Å². The maximum atomic E-state index is 4.25. The molecule has 0 saturated carbocycles. The van der Waals surface area contributed by atoms with E-state index < -0.39 is 0 Å². The largest absolute Gasteiger partial charge is 0.521 e. The molecule has 0 fully saturated rings. The van der Waals surface area contributed by atoms with Gasteiger partial charge in [0, 0.05) is 21.1 Å². The molecular formula is C8H18Pt-6. The minimum Gasteiger partial charge on any atom is -0.521 e. The van der Waals surface area contributed by atoms with Crippen molar-refractivity contribution in [3.63, 3.8) is 0 Å². The molecule has 0 N–H and O–H groups in total. The van der Waals surface area contributed by atoms with E-state index in [1.165, 1.54) is 0 Å². The van der Waals surface area contributed by atoms with Crippen LogP contribution < -0.4 is 0 Å². The minimum atomic E-state index is 0. The van der Waals surface area contributed by atoms with Crippen LogP contribution in [0.1, 0.15) is 0 Å². The summed E-state index contributed by atoms with van der Waals surface area (Å²) in [6.07, 6.45) is 0. The van der Waals surface area contributed by atoms with E-state index in [0.29, 0.717) is 0 Å². The first-order valence-electron chi connectivity index (χ1n) is 0.816. The van der Waals surface area contributed by atoms with Gasteiger partial charge < -0.3 is 42.9 Å². The third-order valence-corrected chi connectivity index (χ3v) is 0. The Morgan fingerprint density at radius 2 is 0.556 bits per heavy atom. The summed E-state index contributed by atoms with van der Waals surface area (Å²) in [5, 5.41) is 0. The molecule has 66 valence electrons. The van der Waals surface area contributed by atoms with E-state index in [9.17, 15) is 0 Å². The van der Waals surface area contributed by atoms with Crippen LogP contribution in [-0.4, -0.2) is 0 Å². The summed E-state index contributed by atoms with van der Waals surface area (Å²) in [5.74, 6) is 0. The van der Waals surface area contributed by atoms with Crippen molar-refractivity contribution in [2.24, 2.45) is 0 Å². The summed E-state index contributed by atoms with van der Waals surface area (Å²) in [6, 6.07) is 0. The second-order valence-corrected chi connectivity index (χ2v) is 0. The topological polar surface area (TPSA) is 0 Å². The molecule has 0 aliphatic heterocycles. The molecule has 0 aromatic rings. The molecule has 0 aliphatic carbocycles. The molecule has 0 radical (unpaired) electrons. The second-order valence-electron chi connectivity index (χ2n) is 0. The van der Waals surface area contributed by atoms with Crippen LogP contribution in [0.4, 0.5) is 0 Å². The van der Waals surface area contributed by atoms with Gasteiger partial charge in [0.15, 0.2) is 0 Å². The van der Waals surface area contributed by atoms with Gasteiger partial charge in [0.25, 0.3) is 0 Å². The Kier molecular flexibility index (Phi) is 214000. The smallest absolute Gasteiger partial charge is 0 e. The summed E-state index contributed by atoms with van der Waals surface area (Å²) >= 11 is 0. The molecule has 0 aromatic carbocycles. The minimum absolute atomic E-state index is 0. The SMILES string of the molecule is [CH-]=C.[CH-]=C.[CH3-].[CH3-].[CH3-].[CH3-].[Pt]. The normalized spacial score (nSPS) is 0.889. The van der Waals surface area contributed by atoms with E-state index >= 15 is 0 Å². The second kappa shape index (κ2) is 14800. The Bertz CT molecular complexity index is 6.53. The third-order valence-electron chi connectivity index (χ3n) is 0. The van der Waals surface area contributed by atoms with E-state index in [2.05, 4.69) is 26.3 Å². The van der Waals surface area contributed by atoms with Gasteiger partial charge in [0.1, 0.15) is 0 Å². The molecule has 0 amide bonds. The summed E-state index contributed by atoms with van der Waals surface area (Å²) in [7, 11) is 0. The maximum absolute atomic E-state index is 4.25. The van der Waals surface area contributed by atoms with Crippen molar-refractivity contribution in [2.75, 3.05) is 0 Å². The first-order chi connectivity index (χ1) is 2.00. The van der Waals surface area contributed by atoms with Gasteiger partial charge in [-0.05, 0) is 0 Å². The molecular weight excluding hydrogens is 291 g/mol. The van der Waals surface area contributed by atoms with Gasteiger partial charge in [-0.1, -0.05) is 0 Å². The monoisotopic (exact) mass is 309 g/mol. The first-order valence-corrected chi connectivity index (χ1v) is 0.816. The van der Waals surface area contributed by atoms with Gasteiger partial charge >= 0.3 is 0 Å². The van der Waals surface area contributed by atoms with Crippen LogP contribution >= 0.6 is 0 Å². The van der Waals surface area contributed by atoms with E-state index in [1.807, 2.05) is 0 Å². The van der Waals surface area contributed by atoms with Crippen molar-refractivity contribution in [2.45, 2.75) is 0 Å². The fourth-order valence-corrected chi connectivity index (χ4v) is 0. The summed E-state index contributed by atoms with van der Waals surface area (Å²) < 4.78 is 0. The molecule has 9 heavy (non-hydrogen) atoms. The fraction of sp³-hybridized carbons (Fsp3) is 0. The summed E-state index contributed by atoms with van der Waals surface area (Å²) in [5.41, 5.74) is 0. The molecule has 0 rings (SSSR count). The Balaban J connectivity index is -0.00000000114. The number of hydrogen-bond acceptors (Lipinski definition) is 0. The first kappa shape index (κ1) is 130. The molecule has 1 heteroatoms. The van der Waals surface area contributed by atoms with Crippen LogP contribution in [0.2, 0.25) is 0 Å². The van der Waals surface area contributed by atoms with Gasteiger partial charge in [-0.25, -0.2) is 0 Å². The van der Waals surface area contributed by atoms with Gasteiger partial charge in [-0.2, -0.15) is 0 Å². The quantitative estimate of drug-likeness (QED) is 0.604. The third kappa shape index (κ3) is 11000. The number of hydrogen-bond donors (Lipinski definition) is 0. The van der Waals surface area contributed by atoms with Crippen molar-refractivity contribution >= 4 is 0 Å². The number of rotatable bonds is 0. The van der Waals surface area contributed by atoms with Crippen LogP contribution in [0.5, 0.6) is 0 Å². The average molecular weight is 309 g/mol. The van der Waals surface area contributed by atoms with Crippen molar-refractivity contribution < 1.29 is 21.1 Å². The summed E-state index contributed by atoms with van der Waals surface area (Å²) in [6.45, 7) is 14.0. The molecule has 0 saturated heterocycles. The van der Waals surface area contributed by atoms with Crippen LogP contribution in [-0.2, 0) is 21.1 Å². The zero-order chi connectivity index (χ0) is 4.00. The zero-order valence-corrected chi connectivity index (χ0v) is 9.16. The van der Waals surface area contributed by atoms with Crippen LogP contribution in [0, 0.1) is 42.9 Å². The van der Waals surface area contributed by atoms with E-state index in [4.69, 9.17) is 0 Å². The fourth-order valence-electron chi connectivity index (χ4n) is 0. The van der Waals surface area contributed by atoms with Crippen molar-refractivity contribution in [1.82, 2.24) is 0 Å². The molecule has 0 unspecified atom stereocenters. The van der Waals surface area contributed by atoms with Gasteiger partial charge in [-0.3, -0.25) is 13.2 Å². The van der Waals surface area contributed by atoms with E-state index in [0.717, 1.165) is 0 Å². The van der Waals surface area contributed by atoms with Gasteiger partial charge in [-0.15, -0.1) is 0 Å². The standard InChI is InChI=1S/2C2H3.4CH3.Pt/c2*1-2;;;;;/h2*1H,2H2;4*1H3;/q6*-1;. The molecule has 0 bridgehead atoms. The predicted octanol–water partition coefficient (Wildman–Crippen LogP) is 3.01. The molecule has 0 spiro atoms. The van der Waals surface area contributed by atoms with Crippen molar-refractivity contribution in [3.05, 3.63) is 56.0 Å². The van der Waals surface area contributed by atoms with Gasteiger partial charge in [0.05, 0.1) is 0 Å². The maximum Gasteiger partial charge on any atom is 0 e. The molecule has 0 aromatic heterocycles. The molecule has 0 aliphatic rings. The molecule has 0 heterocycles. The average Bonchev–Trinajstić information content (AvgIpc) is 1.50. The van der Waals surface area contributed by atoms with Crippen LogP contribution in [0.25, 0.3) is 0 Å². The molecule has 0 nitrogen and oxygen atoms in total. The Hall–Kier alpha value is 0.168. The Morgan fingerprint density at radius 1 is 0.556 bits per heavy atom. The zero-order valence-electron chi connectivity index (χ0n) is 6.89. The van der Waals surface area contributed by atoms with Crippen LogP contribution in [0.3, 0.4) is 0 Å². The molecule has 0 atom stereocenters.